The molecule has 0 spiro atoms. The van der Waals surface area contributed by atoms with Gasteiger partial charge in [0.15, 0.2) is 0 Å². The zero-order chi connectivity index (χ0) is 18.9. The van der Waals surface area contributed by atoms with Gasteiger partial charge in [-0.05, 0) is 6.42 Å². The van der Waals surface area contributed by atoms with E-state index in [1.165, 1.54) is 58.5 Å². The maximum atomic E-state index is 11.5. The van der Waals surface area contributed by atoms with Crippen LogP contribution in [0.4, 0.5) is 9.93 Å². The third-order valence-corrected chi connectivity index (χ3v) is 4.86. The molecule has 3 N–H and O–H groups in total. The Kier molecular flexibility index (Phi) is 14.2. The number of anilines is 1. The van der Waals surface area contributed by atoms with E-state index in [0.717, 1.165) is 36.4 Å². The summed E-state index contributed by atoms with van der Waals surface area (Å²) in [7, 11) is 1.54. The minimum atomic E-state index is -0.478. The number of urea groups is 1. The molecule has 1 heterocycles. The van der Waals surface area contributed by atoms with Gasteiger partial charge in [-0.1, -0.05) is 64.7 Å². The summed E-state index contributed by atoms with van der Waals surface area (Å²) in [6.45, 7) is 2.75. The van der Waals surface area contributed by atoms with Gasteiger partial charge in [0.1, 0.15) is 0 Å². The van der Waals surface area contributed by atoms with Crippen LogP contribution in [0, 0.1) is 0 Å². The van der Waals surface area contributed by atoms with Gasteiger partial charge in [-0.15, -0.1) is 0 Å². The Labute approximate surface area is 164 Å². The van der Waals surface area contributed by atoms with Crippen LogP contribution in [0.2, 0.25) is 0 Å². The first-order valence-electron chi connectivity index (χ1n) is 9.24. The second-order valence-corrected chi connectivity index (χ2v) is 7.46. The molecule has 2 amide bonds. The van der Waals surface area contributed by atoms with Crippen molar-refractivity contribution in [1.82, 2.24) is 20.3 Å². The summed E-state index contributed by atoms with van der Waals surface area (Å²) >= 11 is 2.18. The Bertz CT molecular complexity index is 476. The van der Waals surface area contributed by atoms with Crippen molar-refractivity contribution in [2.45, 2.75) is 76.3 Å². The molecule has 10 heteroatoms. The van der Waals surface area contributed by atoms with E-state index in [9.17, 15) is 4.79 Å². The Morgan fingerprint density at radius 2 is 1.73 bits per heavy atom. The summed E-state index contributed by atoms with van der Waals surface area (Å²) in [6, 6.07) is -0.478. The van der Waals surface area contributed by atoms with Gasteiger partial charge in [0.05, 0.1) is 25.8 Å². The van der Waals surface area contributed by atoms with Gasteiger partial charge < -0.3 is 4.18 Å². The van der Waals surface area contributed by atoms with Crippen molar-refractivity contribution in [3.63, 3.8) is 0 Å². The van der Waals surface area contributed by atoms with Crippen molar-refractivity contribution >= 4 is 34.7 Å². The summed E-state index contributed by atoms with van der Waals surface area (Å²) in [5.41, 5.74) is 7.41. The molecule has 0 atom stereocenters. The maximum Gasteiger partial charge on any atom is 0.357 e. The van der Waals surface area contributed by atoms with E-state index in [4.69, 9.17) is 9.02 Å². The molecule has 1 rings (SSSR count). The molecule has 8 nitrogen and oxygen atoms in total. The number of aromatic nitrogens is 2. The maximum absolute atomic E-state index is 11.5. The molecule has 150 valence electrons. The summed E-state index contributed by atoms with van der Waals surface area (Å²) in [5.74, 6) is 0. The number of hydroxylamine groups is 1. The number of carbonyl (C=O) groups is 1. The Hall–Kier alpha value is -1.10. The normalized spacial score (nSPS) is 10.7. The third kappa shape index (κ3) is 12.3. The van der Waals surface area contributed by atoms with Gasteiger partial charge in [-0.25, -0.2) is 15.7 Å². The number of amides is 2. The van der Waals surface area contributed by atoms with Crippen LogP contribution in [-0.4, -0.2) is 29.1 Å². The van der Waals surface area contributed by atoms with Gasteiger partial charge in [-0.3, -0.25) is 10.3 Å². The van der Waals surface area contributed by atoms with E-state index in [-0.39, 0.29) is 0 Å². The second-order valence-electron chi connectivity index (χ2n) is 5.84. The van der Waals surface area contributed by atoms with Crippen molar-refractivity contribution in [1.29, 1.82) is 0 Å². The quantitative estimate of drug-likeness (QED) is 0.209. The van der Waals surface area contributed by atoms with Crippen LogP contribution in [0.15, 0.2) is 5.16 Å². The molecular weight excluding hydrogens is 374 g/mol. The Balaban J connectivity index is 1.87. The highest BCUT2D eigenvalue weighted by molar-refractivity contribution is 7.94. The van der Waals surface area contributed by atoms with Crippen molar-refractivity contribution < 1.29 is 13.8 Å². The first kappa shape index (κ1) is 22.9. The molecule has 0 radical (unpaired) electrons. The number of nitrogens with zero attached hydrogens (tertiary/aromatic N) is 2. The minimum Gasteiger partial charge on any atom is -0.311 e. The van der Waals surface area contributed by atoms with Crippen LogP contribution in [0.1, 0.15) is 71.1 Å². The van der Waals surface area contributed by atoms with Crippen molar-refractivity contribution in [3.8, 4) is 0 Å². The number of hydrogen-bond donors (Lipinski definition) is 3. The molecule has 1 aromatic heterocycles. The molecule has 0 bridgehead atoms. The summed E-state index contributed by atoms with van der Waals surface area (Å²) < 4.78 is 8.87. The van der Waals surface area contributed by atoms with Crippen LogP contribution in [0.3, 0.4) is 0 Å². The topological polar surface area (TPSA) is 97.4 Å². The predicted molar refractivity (Wildman–Crippen MR) is 106 cm³/mol. The highest BCUT2D eigenvalue weighted by Crippen LogP contribution is 2.19. The average Bonchev–Trinajstić information content (AvgIpc) is 3.09. The minimum absolute atomic E-state index is 0.467. The fourth-order valence-corrected chi connectivity index (χ4v) is 3.28. The van der Waals surface area contributed by atoms with Crippen molar-refractivity contribution in [2.75, 3.05) is 19.1 Å². The highest BCUT2D eigenvalue weighted by Gasteiger charge is 2.05. The van der Waals surface area contributed by atoms with Crippen LogP contribution < -0.4 is 16.3 Å². The van der Waals surface area contributed by atoms with Crippen LogP contribution in [-0.2, 0) is 9.02 Å². The van der Waals surface area contributed by atoms with Crippen molar-refractivity contribution in [2.24, 2.45) is 0 Å². The average molecular weight is 406 g/mol. The fraction of sp³-hybridized carbons (Fsp3) is 0.812. The van der Waals surface area contributed by atoms with E-state index >= 15 is 0 Å². The molecule has 26 heavy (non-hydrogen) atoms. The molecular formula is C16H31N5O3S2. The zero-order valence-corrected chi connectivity index (χ0v) is 17.3. The molecule has 0 saturated heterocycles. The zero-order valence-electron chi connectivity index (χ0n) is 15.7. The highest BCUT2D eigenvalue weighted by atomic mass is 32.2. The van der Waals surface area contributed by atoms with E-state index in [0.29, 0.717) is 16.9 Å². The Morgan fingerprint density at radius 3 is 2.38 bits per heavy atom. The lowest BCUT2D eigenvalue weighted by Crippen LogP contribution is -2.39. The lowest BCUT2D eigenvalue weighted by atomic mass is 10.1. The summed E-state index contributed by atoms with van der Waals surface area (Å²) in [6.07, 6.45) is 12.7. The summed E-state index contributed by atoms with van der Waals surface area (Å²) in [5, 5.41) is 0.953. The largest absolute Gasteiger partial charge is 0.357 e. The molecule has 0 aliphatic heterocycles. The molecule has 0 fully saturated rings. The SMILES string of the molecule is CCCCCCCCCCCCONC(=O)NNc1nc(SOC)ns1. The number of hydrazine groups is 1. The molecule has 0 unspecified atom stereocenters. The monoisotopic (exact) mass is 405 g/mol. The predicted octanol–water partition coefficient (Wildman–Crippen LogP) is 4.67. The second kappa shape index (κ2) is 16.1. The molecule has 0 aliphatic rings. The number of unbranched alkanes of at least 4 members (excludes halogenated alkanes) is 9. The lowest BCUT2D eigenvalue weighted by Gasteiger charge is -2.07. The van der Waals surface area contributed by atoms with Crippen LogP contribution in [0.25, 0.3) is 0 Å². The Morgan fingerprint density at radius 1 is 1.08 bits per heavy atom. The number of nitrogens with one attached hydrogen (secondary N) is 3. The number of rotatable bonds is 16. The van der Waals surface area contributed by atoms with E-state index in [2.05, 4.69) is 32.6 Å². The van der Waals surface area contributed by atoms with Gasteiger partial charge in [0.2, 0.25) is 10.3 Å². The van der Waals surface area contributed by atoms with Gasteiger partial charge >= 0.3 is 6.03 Å². The lowest BCUT2D eigenvalue weighted by molar-refractivity contribution is 0.0591. The smallest absolute Gasteiger partial charge is 0.311 e. The standard InChI is InChI=1S/C16H31N5O3S2/c1-3-4-5-6-7-8-9-10-11-12-13-24-20-14(22)18-19-15-17-16(21-25-15)26-23-2/h3-13H2,1-2H3,(H,17,19,21)(H2,18,20,22). The van der Waals surface area contributed by atoms with Gasteiger partial charge in [-0.2, -0.15) is 9.36 Å². The molecule has 0 aliphatic carbocycles. The first-order chi connectivity index (χ1) is 12.8. The van der Waals surface area contributed by atoms with E-state index in [1.807, 2.05) is 0 Å². The van der Waals surface area contributed by atoms with E-state index < -0.39 is 6.03 Å². The van der Waals surface area contributed by atoms with Crippen LogP contribution in [0.5, 0.6) is 0 Å². The third-order valence-electron chi connectivity index (χ3n) is 3.61. The van der Waals surface area contributed by atoms with Crippen molar-refractivity contribution in [3.05, 3.63) is 0 Å². The number of hydrogen-bond acceptors (Lipinski definition) is 8. The molecule has 0 aromatic carbocycles. The molecule has 0 saturated carbocycles. The first-order valence-corrected chi connectivity index (χ1v) is 10.8. The fourth-order valence-electron chi connectivity index (χ4n) is 2.28. The summed E-state index contributed by atoms with van der Waals surface area (Å²) in [4.78, 5) is 20.8. The van der Waals surface area contributed by atoms with Gasteiger partial charge in [0, 0.05) is 11.5 Å². The number of carbonyl (C=O) groups excluding carboxylic acids is 1. The van der Waals surface area contributed by atoms with Gasteiger partial charge in [0.25, 0.3) is 0 Å². The van der Waals surface area contributed by atoms with E-state index in [1.54, 1.807) is 0 Å². The van der Waals surface area contributed by atoms with Crippen LogP contribution >= 0.6 is 23.6 Å². The molecule has 1 aromatic rings.